The molecule has 106 valence electrons. The number of nitrogens with one attached hydrogen (secondary N) is 2. The normalized spacial score (nSPS) is 10.2. The number of unbranched alkanes of at least 4 members (excludes halogenated alkanes) is 5. The Morgan fingerprint density at radius 3 is 2.68 bits per heavy atom. The second-order valence-electron chi connectivity index (χ2n) is 4.70. The van der Waals surface area contributed by atoms with Crippen molar-refractivity contribution in [3.63, 3.8) is 0 Å². The van der Waals surface area contributed by atoms with Gasteiger partial charge < -0.3 is 10.6 Å². The van der Waals surface area contributed by atoms with Crippen LogP contribution in [0.3, 0.4) is 0 Å². The monoisotopic (exact) mass is 263 g/mol. The quantitative estimate of drug-likeness (QED) is 0.673. The molecule has 0 fully saturated rings. The van der Waals surface area contributed by atoms with E-state index in [-0.39, 0.29) is 5.91 Å². The molecule has 0 aliphatic carbocycles. The zero-order chi connectivity index (χ0) is 13.9. The van der Waals surface area contributed by atoms with Crippen LogP contribution in [0.5, 0.6) is 0 Å². The number of carbonyl (C=O) groups excluding carboxylic acids is 1. The maximum Gasteiger partial charge on any atom is 0.251 e. The van der Waals surface area contributed by atoms with Gasteiger partial charge in [0.1, 0.15) is 5.82 Å². The number of rotatable bonds is 9. The molecule has 4 heteroatoms. The molecule has 0 aliphatic rings. The predicted molar refractivity (Wildman–Crippen MR) is 79.5 cm³/mol. The van der Waals surface area contributed by atoms with Crippen LogP contribution in [0.4, 0.5) is 5.82 Å². The highest BCUT2D eigenvalue weighted by Gasteiger charge is 2.05. The summed E-state index contributed by atoms with van der Waals surface area (Å²) < 4.78 is 0. The summed E-state index contributed by atoms with van der Waals surface area (Å²) in [5.74, 6) is 0.694. The SMILES string of the molecule is CCCCCCCCNC(=O)c1ccnc(NC)c1. The Labute approximate surface area is 116 Å². The minimum absolute atomic E-state index is 0.0209. The number of pyridine rings is 1. The molecule has 4 nitrogen and oxygen atoms in total. The molecule has 0 atom stereocenters. The van der Waals surface area contributed by atoms with Crippen molar-refractivity contribution < 1.29 is 4.79 Å². The number of carbonyl (C=O) groups is 1. The van der Waals surface area contributed by atoms with Gasteiger partial charge in [-0.05, 0) is 18.6 Å². The van der Waals surface area contributed by atoms with Crippen LogP contribution in [0.25, 0.3) is 0 Å². The van der Waals surface area contributed by atoms with Crippen LogP contribution in [0, 0.1) is 0 Å². The molecule has 19 heavy (non-hydrogen) atoms. The predicted octanol–water partition coefficient (Wildman–Crippen LogP) is 3.21. The van der Waals surface area contributed by atoms with Crippen LogP contribution in [0.1, 0.15) is 55.8 Å². The summed E-state index contributed by atoms with van der Waals surface area (Å²) in [4.78, 5) is 16.0. The van der Waals surface area contributed by atoms with E-state index in [9.17, 15) is 4.79 Å². The molecular formula is C15H25N3O. The van der Waals surface area contributed by atoms with E-state index in [1.54, 1.807) is 25.4 Å². The van der Waals surface area contributed by atoms with Gasteiger partial charge >= 0.3 is 0 Å². The summed E-state index contributed by atoms with van der Waals surface area (Å²) >= 11 is 0. The molecule has 0 unspecified atom stereocenters. The third-order valence-corrected chi connectivity index (χ3v) is 3.09. The van der Waals surface area contributed by atoms with Gasteiger partial charge in [-0.25, -0.2) is 4.98 Å². The maximum absolute atomic E-state index is 11.9. The Balaban J connectivity index is 2.20. The Kier molecular flexibility index (Phi) is 7.63. The number of hydrogen-bond acceptors (Lipinski definition) is 3. The van der Waals surface area contributed by atoms with Crippen LogP contribution >= 0.6 is 0 Å². The van der Waals surface area contributed by atoms with E-state index < -0.39 is 0 Å². The number of nitrogens with zero attached hydrogens (tertiary/aromatic N) is 1. The van der Waals surface area contributed by atoms with Crippen LogP contribution in [-0.2, 0) is 0 Å². The summed E-state index contributed by atoms with van der Waals surface area (Å²) in [7, 11) is 1.79. The lowest BCUT2D eigenvalue weighted by molar-refractivity contribution is 0.0953. The summed E-state index contributed by atoms with van der Waals surface area (Å²) in [6.45, 7) is 2.97. The zero-order valence-electron chi connectivity index (χ0n) is 12.0. The van der Waals surface area contributed by atoms with Gasteiger partial charge in [-0.15, -0.1) is 0 Å². The molecule has 1 heterocycles. The van der Waals surface area contributed by atoms with Crippen molar-refractivity contribution in [2.45, 2.75) is 45.4 Å². The minimum Gasteiger partial charge on any atom is -0.373 e. The Hall–Kier alpha value is -1.58. The summed E-state index contributed by atoms with van der Waals surface area (Å²) in [6.07, 6.45) is 9.05. The zero-order valence-corrected chi connectivity index (χ0v) is 12.0. The third-order valence-electron chi connectivity index (χ3n) is 3.09. The van der Waals surface area contributed by atoms with Crippen LogP contribution in [-0.4, -0.2) is 24.5 Å². The van der Waals surface area contributed by atoms with Crippen molar-refractivity contribution in [3.05, 3.63) is 23.9 Å². The highest BCUT2D eigenvalue weighted by atomic mass is 16.1. The Bertz CT molecular complexity index is 379. The van der Waals surface area contributed by atoms with E-state index in [0.29, 0.717) is 11.4 Å². The lowest BCUT2D eigenvalue weighted by Gasteiger charge is -2.06. The molecule has 1 rings (SSSR count). The molecule has 0 saturated heterocycles. The Morgan fingerprint density at radius 2 is 1.95 bits per heavy atom. The van der Waals surface area contributed by atoms with Crippen LogP contribution < -0.4 is 10.6 Å². The number of amides is 1. The van der Waals surface area contributed by atoms with Gasteiger partial charge in [-0.3, -0.25) is 4.79 Å². The summed E-state index contributed by atoms with van der Waals surface area (Å²) in [5, 5.41) is 5.87. The van der Waals surface area contributed by atoms with Crippen LogP contribution in [0.15, 0.2) is 18.3 Å². The molecule has 0 aromatic carbocycles. The first-order chi connectivity index (χ1) is 9.27. The van der Waals surface area contributed by atoms with Crippen molar-refractivity contribution in [2.75, 3.05) is 18.9 Å². The van der Waals surface area contributed by atoms with Gasteiger partial charge in [0.05, 0.1) is 0 Å². The van der Waals surface area contributed by atoms with E-state index in [2.05, 4.69) is 22.5 Å². The molecule has 0 radical (unpaired) electrons. The molecule has 1 amide bonds. The van der Waals surface area contributed by atoms with E-state index in [0.717, 1.165) is 13.0 Å². The van der Waals surface area contributed by atoms with Crippen LogP contribution in [0.2, 0.25) is 0 Å². The second kappa shape index (κ2) is 9.36. The lowest BCUT2D eigenvalue weighted by Crippen LogP contribution is -2.24. The topological polar surface area (TPSA) is 54.0 Å². The molecule has 0 aliphatic heterocycles. The highest BCUT2D eigenvalue weighted by molar-refractivity contribution is 5.94. The van der Waals surface area contributed by atoms with Gasteiger partial charge in [-0.2, -0.15) is 0 Å². The maximum atomic E-state index is 11.9. The summed E-state index contributed by atoms with van der Waals surface area (Å²) in [5.41, 5.74) is 0.658. The molecular weight excluding hydrogens is 238 g/mol. The average Bonchev–Trinajstić information content (AvgIpc) is 2.46. The lowest BCUT2D eigenvalue weighted by atomic mass is 10.1. The van der Waals surface area contributed by atoms with E-state index in [1.165, 1.54) is 32.1 Å². The molecule has 1 aromatic heterocycles. The second-order valence-corrected chi connectivity index (χ2v) is 4.70. The first-order valence-corrected chi connectivity index (χ1v) is 7.20. The number of anilines is 1. The van der Waals surface area contributed by atoms with Crippen molar-refractivity contribution in [2.24, 2.45) is 0 Å². The van der Waals surface area contributed by atoms with Crippen molar-refractivity contribution in [3.8, 4) is 0 Å². The number of aromatic nitrogens is 1. The first-order valence-electron chi connectivity index (χ1n) is 7.20. The van der Waals surface area contributed by atoms with Crippen molar-refractivity contribution in [1.82, 2.24) is 10.3 Å². The standard InChI is InChI=1S/C15H25N3O/c1-3-4-5-6-7-8-10-18-15(19)13-9-11-17-14(12-13)16-2/h9,11-12H,3-8,10H2,1-2H3,(H,16,17)(H,18,19). The fourth-order valence-electron chi connectivity index (χ4n) is 1.92. The smallest absolute Gasteiger partial charge is 0.251 e. The number of hydrogen-bond donors (Lipinski definition) is 2. The molecule has 0 saturated carbocycles. The third kappa shape index (κ3) is 6.22. The van der Waals surface area contributed by atoms with Gasteiger partial charge in [0.2, 0.25) is 0 Å². The fraction of sp³-hybridized carbons (Fsp3) is 0.600. The molecule has 1 aromatic rings. The van der Waals surface area contributed by atoms with E-state index in [1.807, 2.05) is 0 Å². The minimum atomic E-state index is -0.0209. The largest absolute Gasteiger partial charge is 0.373 e. The molecule has 2 N–H and O–H groups in total. The van der Waals surface area contributed by atoms with Gasteiger partial charge in [-0.1, -0.05) is 39.0 Å². The van der Waals surface area contributed by atoms with Gasteiger partial charge in [0.25, 0.3) is 5.91 Å². The highest BCUT2D eigenvalue weighted by Crippen LogP contribution is 2.06. The molecule has 0 spiro atoms. The van der Waals surface area contributed by atoms with Crippen molar-refractivity contribution >= 4 is 11.7 Å². The summed E-state index contributed by atoms with van der Waals surface area (Å²) in [6, 6.07) is 3.49. The van der Waals surface area contributed by atoms with Crippen molar-refractivity contribution in [1.29, 1.82) is 0 Å². The van der Waals surface area contributed by atoms with E-state index in [4.69, 9.17) is 0 Å². The first kappa shape index (κ1) is 15.5. The Morgan fingerprint density at radius 1 is 1.21 bits per heavy atom. The molecule has 0 bridgehead atoms. The fourth-order valence-corrected chi connectivity index (χ4v) is 1.92. The average molecular weight is 263 g/mol. The van der Waals surface area contributed by atoms with Gasteiger partial charge in [0, 0.05) is 25.4 Å². The van der Waals surface area contributed by atoms with E-state index >= 15 is 0 Å². The van der Waals surface area contributed by atoms with Gasteiger partial charge in [0.15, 0.2) is 0 Å².